The summed E-state index contributed by atoms with van der Waals surface area (Å²) in [7, 11) is -0.838. The number of nitrogens with zero attached hydrogens (tertiary/aromatic N) is 5. The lowest BCUT2D eigenvalue weighted by molar-refractivity contribution is -0.167. The summed E-state index contributed by atoms with van der Waals surface area (Å²) in [6.07, 6.45) is -1.08. The van der Waals surface area contributed by atoms with Crippen LogP contribution in [0.5, 0.6) is 0 Å². The van der Waals surface area contributed by atoms with Crippen molar-refractivity contribution in [3.8, 4) is 0 Å². The van der Waals surface area contributed by atoms with Crippen molar-refractivity contribution < 1.29 is 24.0 Å². The second-order valence-corrected chi connectivity index (χ2v) is 19.4. The highest BCUT2D eigenvalue weighted by molar-refractivity contribution is 8.05. The van der Waals surface area contributed by atoms with E-state index in [2.05, 4.69) is 103 Å². The molecule has 15 heteroatoms. The first-order valence-corrected chi connectivity index (χ1v) is 24.8. The fourth-order valence-corrected chi connectivity index (χ4v) is 11.2. The van der Waals surface area contributed by atoms with Gasteiger partial charge in [-0.1, -0.05) is 192 Å². The van der Waals surface area contributed by atoms with E-state index in [1.807, 2.05) is 109 Å². The highest BCUT2D eigenvalue weighted by atomic mass is 32.2. The molecule has 68 heavy (non-hydrogen) atoms. The molecule has 0 bridgehead atoms. The van der Waals surface area contributed by atoms with Crippen LogP contribution in [-0.2, 0) is 45.6 Å². The van der Waals surface area contributed by atoms with Gasteiger partial charge in [0.1, 0.15) is 17.7 Å². The number of amides is 2. The van der Waals surface area contributed by atoms with E-state index in [0.29, 0.717) is 26.4 Å². The molecule has 2 aliphatic heterocycles. The molecule has 13 nitrogen and oxygen atoms in total. The smallest absolute Gasteiger partial charge is 0.340 e. The average molecular weight is 939 g/mol. The number of ether oxygens (including phenoxy) is 1. The molecular formula is C53H50N8O5SSi. The minimum Gasteiger partial charge on any atom is -0.464 e. The van der Waals surface area contributed by atoms with Crippen LogP contribution in [0.15, 0.2) is 208 Å². The molecule has 1 unspecified atom stereocenters. The number of rotatable bonds is 19. The molecule has 0 saturated carbocycles. The number of carbonyl (C=O) groups is 3. The molecule has 1 saturated heterocycles. The lowest BCUT2D eigenvalue weighted by atomic mass is 9.71. The summed E-state index contributed by atoms with van der Waals surface area (Å²) >= 11 is 0. The van der Waals surface area contributed by atoms with E-state index >= 15 is 0 Å². The van der Waals surface area contributed by atoms with Gasteiger partial charge in [0.15, 0.2) is 10.8 Å². The number of benzene rings is 6. The van der Waals surface area contributed by atoms with Crippen molar-refractivity contribution in [3.63, 3.8) is 0 Å². The first-order valence-electron chi connectivity index (χ1n) is 22.2. The highest BCUT2D eigenvalue weighted by Gasteiger charge is 2.42. The van der Waals surface area contributed by atoms with Crippen LogP contribution in [0.4, 0.5) is 0 Å². The van der Waals surface area contributed by atoms with Gasteiger partial charge in [-0.2, -0.15) is 0 Å². The molecule has 342 valence electrons. The zero-order valence-electron chi connectivity index (χ0n) is 37.6. The van der Waals surface area contributed by atoms with Gasteiger partial charge in [0.25, 0.3) is 0 Å². The van der Waals surface area contributed by atoms with E-state index in [4.69, 9.17) is 20.1 Å². The van der Waals surface area contributed by atoms with Gasteiger partial charge in [0, 0.05) is 41.6 Å². The topological polar surface area (TPSA) is 179 Å². The van der Waals surface area contributed by atoms with Gasteiger partial charge in [-0.3, -0.25) is 9.59 Å². The summed E-state index contributed by atoms with van der Waals surface area (Å²) in [6, 6.07) is 61.7. The summed E-state index contributed by atoms with van der Waals surface area (Å²) < 4.78 is 10.5. The van der Waals surface area contributed by atoms with E-state index in [1.54, 1.807) is 19.3 Å². The van der Waals surface area contributed by atoms with Gasteiger partial charge in [-0.15, -0.1) is 0 Å². The third-order valence-corrected chi connectivity index (χ3v) is 14.5. The van der Waals surface area contributed by atoms with Crippen molar-refractivity contribution in [2.45, 2.75) is 61.1 Å². The second kappa shape index (κ2) is 21.5. The Bertz CT molecular complexity index is 2660. The lowest BCUT2D eigenvalue weighted by Gasteiger charge is -2.36. The predicted molar refractivity (Wildman–Crippen MR) is 266 cm³/mol. The molecular weight excluding hydrogens is 889 g/mol. The standard InChI is InChI=1S/C53H50N8O5SSi/c1-51(2,49(64)65-33-34-68-37-52(38-21-9-3-10-22-38,39-23-11-4-12-24-39)40-25-13-5-14-26-40)66-61-67-36-44(35-45(62)56-46-47(59-60-54)57-48(46)63)55-50(67)58-53(41-27-15-6-16-28-41,42-29-17-7-18-30-42)43-31-19-8-20-32-43/h3-32,36,46-47H,33-35,37H2,1-2H3,(H,55,58)(H,56,62)(H,57,63)/t46-,47-,67?/m0/s1. The van der Waals surface area contributed by atoms with Crippen LogP contribution in [0.2, 0.25) is 12.1 Å². The molecule has 6 aromatic carbocycles. The van der Waals surface area contributed by atoms with E-state index in [0.717, 1.165) is 22.7 Å². The Labute approximate surface area is 400 Å². The molecule has 3 N–H and O–H groups in total. The van der Waals surface area contributed by atoms with Crippen LogP contribution in [0.25, 0.3) is 10.4 Å². The number of carbonyl (C=O) groups excluding carboxylic acids is 3. The largest absolute Gasteiger partial charge is 0.464 e. The van der Waals surface area contributed by atoms with Gasteiger partial charge in [-0.25, -0.2) is 14.6 Å². The maximum Gasteiger partial charge on any atom is 0.340 e. The average Bonchev–Trinajstić information content (AvgIpc) is 3.76. The van der Waals surface area contributed by atoms with E-state index in [9.17, 15) is 14.4 Å². The summed E-state index contributed by atoms with van der Waals surface area (Å²) in [5, 5.41) is 14.1. The SMILES string of the molecule is CC(C)(ON=S1C=C(CC(=O)N[C@@H]2C(=O)N[C@H]2N=[N+]=[N-])NC1=NC(c1ccccc1)(c1ccccc1)c1ccccc1)C(=O)OCC[Si]CC(c1ccccc1)(c1ccccc1)c1ccccc1. The Balaban J connectivity index is 1.05. The van der Waals surface area contributed by atoms with Crippen LogP contribution in [0.3, 0.4) is 0 Å². The maximum atomic E-state index is 13.8. The number of hydrogen-bond acceptors (Lipinski definition) is 8. The van der Waals surface area contributed by atoms with Crippen molar-refractivity contribution in [3.05, 3.63) is 237 Å². The fourth-order valence-electron chi connectivity index (χ4n) is 8.38. The van der Waals surface area contributed by atoms with Crippen LogP contribution in [0.1, 0.15) is 53.6 Å². The molecule has 2 amide bonds. The number of azide groups is 1. The van der Waals surface area contributed by atoms with Gasteiger partial charge in [0.05, 0.1) is 13.0 Å². The Morgan fingerprint density at radius 1 is 0.721 bits per heavy atom. The third kappa shape index (κ3) is 10.3. The zero-order chi connectivity index (χ0) is 47.4. The number of hydrogen-bond donors (Lipinski definition) is 3. The Kier molecular flexibility index (Phi) is 14.9. The minimum atomic E-state index is -1.50. The number of nitrogens with one attached hydrogen (secondary N) is 3. The number of amidine groups is 1. The monoisotopic (exact) mass is 938 g/mol. The summed E-state index contributed by atoms with van der Waals surface area (Å²) in [5.74, 6) is -1.53. The molecule has 2 radical (unpaired) electrons. The molecule has 3 atom stereocenters. The lowest BCUT2D eigenvalue weighted by Crippen LogP contribution is -2.68. The normalized spacial score (nSPS) is 17.5. The highest BCUT2D eigenvalue weighted by Crippen LogP contribution is 2.43. The Hall–Kier alpha value is -7.42. The summed E-state index contributed by atoms with van der Waals surface area (Å²) in [5.41, 5.74) is 12.6. The van der Waals surface area contributed by atoms with Crippen molar-refractivity contribution in [2.75, 3.05) is 6.61 Å². The molecule has 1 fully saturated rings. The quantitative estimate of drug-likeness (QED) is 0.00839. The zero-order valence-corrected chi connectivity index (χ0v) is 39.4. The third-order valence-electron chi connectivity index (χ3n) is 11.8. The molecule has 8 rings (SSSR count). The van der Waals surface area contributed by atoms with Crippen molar-refractivity contribution in [1.82, 2.24) is 16.0 Å². The Morgan fingerprint density at radius 2 is 1.18 bits per heavy atom. The maximum absolute atomic E-state index is 13.8. The summed E-state index contributed by atoms with van der Waals surface area (Å²) in [6.45, 7) is 3.41. The Morgan fingerprint density at radius 3 is 1.62 bits per heavy atom. The van der Waals surface area contributed by atoms with Crippen LogP contribution >= 0.6 is 0 Å². The number of esters is 1. The van der Waals surface area contributed by atoms with Crippen molar-refractivity contribution in [2.24, 2.45) is 14.6 Å². The van der Waals surface area contributed by atoms with Gasteiger partial charge >= 0.3 is 5.97 Å². The second-order valence-electron chi connectivity index (χ2n) is 16.7. The number of β-lactam (4-membered cyclic amide) rings is 1. The summed E-state index contributed by atoms with van der Waals surface area (Å²) in [4.78, 5) is 53.9. The number of aliphatic imine (C=N–C) groups is 1. The molecule has 0 aromatic heterocycles. The van der Waals surface area contributed by atoms with Gasteiger partial charge in [0.2, 0.25) is 11.8 Å². The van der Waals surface area contributed by atoms with Gasteiger partial charge < -0.3 is 20.7 Å². The first kappa shape index (κ1) is 47.1. The molecule has 0 spiro atoms. The molecule has 2 aliphatic rings. The van der Waals surface area contributed by atoms with E-state index in [1.165, 1.54) is 16.7 Å². The molecule has 6 aromatic rings. The molecule has 0 aliphatic carbocycles. The first-order chi connectivity index (χ1) is 33.1. The van der Waals surface area contributed by atoms with Gasteiger partial charge in [-0.05, 0) is 64.8 Å². The predicted octanol–water partition coefficient (Wildman–Crippen LogP) is 9.05. The minimum absolute atomic E-state index is 0.185. The van der Waals surface area contributed by atoms with E-state index < -0.39 is 57.2 Å². The fraction of sp³-hybridized carbons (Fsp3) is 0.208. The van der Waals surface area contributed by atoms with Crippen molar-refractivity contribution in [1.29, 1.82) is 0 Å². The van der Waals surface area contributed by atoms with Crippen LogP contribution in [-0.4, -0.2) is 56.9 Å². The van der Waals surface area contributed by atoms with Crippen molar-refractivity contribution >= 4 is 43.2 Å². The van der Waals surface area contributed by atoms with E-state index in [-0.39, 0.29) is 13.0 Å². The van der Waals surface area contributed by atoms with Crippen LogP contribution < -0.4 is 16.0 Å². The van der Waals surface area contributed by atoms with Crippen LogP contribution in [0, 0.1) is 0 Å². The molecule has 2 heterocycles.